The van der Waals surface area contributed by atoms with Gasteiger partial charge in [-0.1, -0.05) is 74.5 Å². The van der Waals surface area contributed by atoms with E-state index >= 15 is 0 Å². The number of nitrogens with one attached hydrogen (secondary N) is 6. The SMILES string of the molecule is CC(C)[C@H]1NC(=O)[C@H]([C@@H](C)O)NC(=O)[C@@H](C)NC(=O)[C@@H](NC(=O)c2ccccc2-c2ncn[nH]2)Cc2ccc(cc2)OC[C@H](Cc2ccccc2)NC1=O. The second-order valence-electron chi connectivity index (χ2n) is 13.6. The lowest BCUT2D eigenvalue weighted by atomic mass is 10.0. The van der Waals surface area contributed by atoms with Crippen molar-refractivity contribution in [1.82, 2.24) is 41.8 Å². The highest BCUT2D eigenvalue weighted by Gasteiger charge is 2.34. The van der Waals surface area contributed by atoms with Crippen LogP contribution < -0.4 is 31.3 Å². The molecule has 7 N–H and O–H groups in total. The maximum atomic E-state index is 13.8. The molecule has 54 heavy (non-hydrogen) atoms. The number of aromatic amines is 1. The summed E-state index contributed by atoms with van der Waals surface area (Å²) in [5, 5.41) is 30.8. The van der Waals surface area contributed by atoms with Gasteiger partial charge >= 0.3 is 0 Å². The Kier molecular flexibility index (Phi) is 13.1. The zero-order valence-electron chi connectivity index (χ0n) is 30.5. The van der Waals surface area contributed by atoms with E-state index in [1.165, 1.54) is 20.2 Å². The lowest BCUT2D eigenvalue weighted by Crippen LogP contribution is -2.61. The predicted molar refractivity (Wildman–Crippen MR) is 199 cm³/mol. The van der Waals surface area contributed by atoms with Crippen LogP contribution in [0.15, 0.2) is 85.2 Å². The third-order valence-electron chi connectivity index (χ3n) is 9.01. The van der Waals surface area contributed by atoms with Gasteiger partial charge in [-0.05, 0) is 55.5 Å². The summed E-state index contributed by atoms with van der Waals surface area (Å²) in [5.41, 5.74) is 2.35. The summed E-state index contributed by atoms with van der Waals surface area (Å²) in [4.78, 5) is 72.3. The lowest BCUT2D eigenvalue weighted by molar-refractivity contribution is -0.136. The van der Waals surface area contributed by atoms with Gasteiger partial charge in [0.1, 0.15) is 42.9 Å². The van der Waals surface area contributed by atoms with Gasteiger partial charge in [0.2, 0.25) is 23.6 Å². The molecule has 15 nitrogen and oxygen atoms in total. The van der Waals surface area contributed by atoms with Crippen LogP contribution in [0.25, 0.3) is 11.4 Å². The lowest BCUT2D eigenvalue weighted by Gasteiger charge is -2.29. The average Bonchev–Trinajstić information content (AvgIpc) is 3.70. The summed E-state index contributed by atoms with van der Waals surface area (Å²) >= 11 is 0. The molecule has 1 aromatic heterocycles. The first-order valence-electron chi connectivity index (χ1n) is 17.8. The number of rotatable bonds is 7. The molecule has 5 amide bonds. The van der Waals surface area contributed by atoms with E-state index < -0.39 is 65.8 Å². The maximum absolute atomic E-state index is 13.8. The van der Waals surface area contributed by atoms with Crippen molar-refractivity contribution in [3.63, 3.8) is 0 Å². The Morgan fingerprint density at radius 3 is 2.17 bits per heavy atom. The molecule has 0 fully saturated rings. The van der Waals surface area contributed by atoms with Gasteiger partial charge < -0.3 is 36.4 Å². The molecule has 3 heterocycles. The molecule has 0 spiro atoms. The molecule has 0 unspecified atom stereocenters. The number of carbonyl (C=O) groups excluding carboxylic acids is 5. The van der Waals surface area contributed by atoms with Crippen LogP contribution in [-0.2, 0) is 32.0 Å². The number of amides is 5. The fourth-order valence-electron chi connectivity index (χ4n) is 6.00. The third-order valence-corrected chi connectivity index (χ3v) is 9.01. The number of aromatic nitrogens is 3. The fraction of sp³-hybridized carbons (Fsp3) is 0.359. The maximum Gasteiger partial charge on any atom is 0.252 e. The van der Waals surface area contributed by atoms with E-state index in [4.69, 9.17) is 4.74 Å². The van der Waals surface area contributed by atoms with E-state index in [-0.39, 0.29) is 24.5 Å². The van der Waals surface area contributed by atoms with Crippen molar-refractivity contribution in [2.45, 2.75) is 76.8 Å². The molecule has 3 aromatic carbocycles. The van der Waals surface area contributed by atoms with Crippen LogP contribution in [0.5, 0.6) is 5.75 Å². The molecule has 0 radical (unpaired) electrons. The summed E-state index contributed by atoms with van der Waals surface area (Å²) in [7, 11) is 0. The molecule has 0 saturated heterocycles. The van der Waals surface area contributed by atoms with Crippen LogP contribution in [0, 0.1) is 5.92 Å². The van der Waals surface area contributed by atoms with Crippen LogP contribution in [0.2, 0.25) is 0 Å². The standard InChI is InChI=1S/C39H46N8O7/c1-22(2)32-38(52)43-27(18-25-10-6-5-7-11-25)20-54-28-16-14-26(15-17-28)19-31(37(51)42-23(3)35(49)46-33(24(4)48)39(53)45-32)44-36(50)30-13-9-8-12-29(30)34-40-21-41-47-34/h5-17,21-24,27,31-33,48H,18-20H2,1-4H3,(H,42,51)(H,43,52)(H,44,50)(H,45,53)(H,46,49)(H,40,41,47)/t23-,24-,27+,31+,32-,33+/m1/s1. The van der Waals surface area contributed by atoms with Gasteiger partial charge in [0, 0.05) is 12.0 Å². The number of aliphatic hydroxyl groups is 1. The topological polar surface area (TPSA) is 217 Å². The van der Waals surface area contributed by atoms with Crippen LogP contribution >= 0.6 is 0 Å². The first kappa shape index (κ1) is 39.1. The van der Waals surface area contributed by atoms with E-state index in [1.807, 2.05) is 30.3 Å². The highest BCUT2D eigenvalue weighted by atomic mass is 16.5. The summed E-state index contributed by atoms with van der Waals surface area (Å²) < 4.78 is 6.14. The number of hydrogen-bond acceptors (Lipinski definition) is 9. The number of H-pyrrole nitrogens is 1. The minimum Gasteiger partial charge on any atom is -0.491 e. The molecule has 6 atom stereocenters. The van der Waals surface area contributed by atoms with Gasteiger partial charge in [-0.15, -0.1) is 0 Å². The van der Waals surface area contributed by atoms with Crippen molar-refractivity contribution in [2.75, 3.05) is 6.61 Å². The molecular formula is C39H46N8O7. The van der Waals surface area contributed by atoms with Crippen LogP contribution in [0.4, 0.5) is 0 Å². The first-order valence-corrected chi connectivity index (χ1v) is 17.8. The van der Waals surface area contributed by atoms with Gasteiger partial charge in [0.25, 0.3) is 5.91 Å². The normalized spacial score (nSPS) is 22.2. The molecule has 2 aliphatic rings. The van der Waals surface area contributed by atoms with Crippen molar-refractivity contribution in [2.24, 2.45) is 5.92 Å². The summed E-state index contributed by atoms with van der Waals surface area (Å²) in [5.74, 6) is -2.74. The number of nitrogens with zero attached hydrogens (tertiary/aromatic N) is 2. The van der Waals surface area contributed by atoms with Gasteiger partial charge in [-0.25, -0.2) is 4.98 Å². The molecule has 6 rings (SSSR count). The largest absolute Gasteiger partial charge is 0.491 e. The summed E-state index contributed by atoms with van der Waals surface area (Å²) in [6.45, 7) is 6.37. The smallest absolute Gasteiger partial charge is 0.252 e. The van der Waals surface area contributed by atoms with Gasteiger partial charge in [0.05, 0.1) is 17.7 Å². The van der Waals surface area contributed by atoms with Gasteiger partial charge in [-0.2, -0.15) is 5.10 Å². The Morgan fingerprint density at radius 1 is 0.833 bits per heavy atom. The van der Waals surface area contributed by atoms with Crippen LogP contribution in [0.3, 0.4) is 0 Å². The average molecular weight is 739 g/mol. The number of benzene rings is 3. The molecular weight excluding hydrogens is 692 g/mol. The highest BCUT2D eigenvalue weighted by Crippen LogP contribution is 2.20. The van der Waals surface area contributed by atoms with Crippen LogP contribution in [0.1, 0.15) is 49.2 Å². The molecule has 0 aliphatic carbocycles. The zero-order valence-corrected chi connectivity index (χ0v) is 30.5. The molecule has 284 valence electrons. The van der Waals surface area contributed by atoms with Crippen molar-refractivity contribution >= 4 is 29.5 Å². The minimum absolute atomic E-state index is 0.0403. The van der Waals surface area contributed by atoms with Crippen molar-refractivity contribution in [1.29, 1.82) is 0 Å². The Bertz CT molecular complexity index is 1900. The van der Waals surface area contributed by atoms with E-state index in [9.17, 15) is 29.1 Å². The van der Waals surface area contributed by atoms with Crippen LogP contribution in [-0.4, -0.2) is 92.7 Å². The fourth-order valence-corrected chi connectivity index (χ4v) is 6.00. The second kappa shape index (κ2) is 18.1. The number of aliphatic hydroxyl groups excluding tert-OH is 1. The molecule has 15 heteroatoms. The van der Waals surface area contributed by atoms with E-state index in [2.05, 4.69) is 41.8 Å². The van der Waals surface area contributed by atoms with E-state index in [0.717, 1.165) is 5.56 Å². The molecule has 0 saturated carbocycles. The Balaban J connectivity index is 1.46. The Labute approximate surface area is 313 Å². The predicted octanol–water partition coefficient (Wildman–Crippen LogP) is 1.44. The van der Waals surface area contributed by atoms with Crippen molar-refractivity contribution < 1.29 is 33.8 Å². The Morgan fingerprint density at radius 2 is 1.50 bits per heavy atom. The number of carbonyl (C=O) groups is 5. The number of hydrogen-bond donors (Lipinski definition) is 7. The van der Waals surface area contributed by atoms with Gasteiger partial charge in [0.15, 0.2) is 5.82 Å². The quantitative estimate of drug-likeness (QED) is 0.136. The van der Waals surface area contributed by atoms with E-state index in [1.54, 1.807) is 62.4 Å². The monoisotopic (exact) mass is 738 g/mol. The second-order valence-corrected chi connectivity index (χ2v) is 13.6. The third kappa shape index (κ3) is 10.3. The zero-order chi connectivity index (χ0) is 38.8. The molecule has 2 aliphatic heterocycles. The summed E-state index contributed by atoms with van der Waals surface area (Å²) in [6.07, 6.45) is 0.436. The van der Waals surface area contributed by atoms with E-state index in [0.29, 0.717) is 29.1 Å². The number of fused-ring (bicyclic) bond motifs is 17. The van der Waals surface area contributed by atoms with Crippen molar-refractivity contribution in [3.8, 4) is 17.1 Å². The minimum atomic E-state index is -1.46. The summed E-state index contributed by atoms with van der Waals surface area (Å²) in [6, 6.07) is 18.0. The molecule has 2 bridgehead atoms. The molecule has 4 aromatic rings. The number of ether oxygens (including phenoxy) is 1. The van der Waals surface area contributed by atoms with Gasteiger partial charge in [-0.3, -0.25) is 29.1 Å². The first-order chi connectivity index (χ1) is 25.9. The van der Waals surface area contributed by atoms with Crippen molar-refractivity contribution in [3.05, 3.63) is 102 Å². The Hall–Kier alpha value is -6.09. The highest BCUT2D eigenvalue weighted by molar-refractivity contribution is 6.03.